The fraction of sp³-hybridized carbons (Fsp3) is 0.455. The molecule has 3 atom stereocenters. The van der Waals surface area contributed by atoms with E-state index in [9.17, 15) is 14.3 Å². The molecule has 0 spiro atoms. The molecule has 17 heavy (non-hydrogen) atoms. The van der Waals surface area contributed by atoms with Crippen LogP contribution in [0.4, 0.5) is 5.69 Å². The summed E-state index contributed by atoms with van der Waals surface area (Å²) in [6, 6.07) is 6.29. The Bertz CT molecular complexity index is 464. The second-order valence-corrected chi connectivity index (χ2v) is 5.92. The first-order valence-electron chi connectivity index (χ1n) is 5.49. The maximum Gasteiger partial charge on any atom is 0.285 e. The zero-order valence-electron chi connectivity index (χ0n) is 9.24. The number of para-hydroxylation sites is 1. The van der Waals surface area contributed by atoms with Gasteiger partial charge < -0.3 is 5.73 Å². The summed E-state index contributed by atoms with van der Waals surface area (Å²) in [7, 11) is -1.33. The Labute approximate surface area is 102 Å². The number of hydrogen-bond donors (Lipinski definition) is 1. The molecule has 1 fully saturated rings. The van der Waals surface area contributed by atoms with Crippen LogP contribution in [0.5, 0.6) is 0 Å². The van der Waals surface area contributed by atoms with Crippen LogP contribution in [0.2, 0.25) is 0 Å². The molecule has 6 heteroatoms. The highest BCUT2D eigenvalue weighted by atomic mass is 32.2. The van der Waals surface area contributed by atoms with Crippen molar-refractivity contribution in [2.45, 2.75) is 35.4 Å². The van der Waals surface area contributed by atoms with Crippen molar-refractivity contribution in [3.63, 3.8) is 0 Å². The lowest BCUT2D eigenvalue weighted by molar-refractivity contribution is -0.387. The van der Waals surface area contributed by atoms with E-state index in [-0.39, 0.29) is 17.0 Å². The number of nitro groups is 1. The summed E-state index contributed by atoms with van der Waals surface area (Å²) < 4.78 is 12.3. The molecule has 2 rings (SSSR count). The van der Waals surface area contributed by atoms with Crippen molar-refractivity contribution in [3.05, 3.63) is 34.4 Å². The maximum atomic E-state index is 12.3. The minimum atomic E-state index is -1.33. The van der Waals surface area contributed by atoms with E-state index in [1.165, 1.54) is 6.07 Å². The Morgan fingerprint density at radius 3 is 2.65 bits per heavy atom. The van der Waals surface area contributed by atoms with Crippen LogP contribution >= 0.6 is 0 Å². The van der Waals surface area contributed by atoms with Crippen LogP contribution in [0.3, 0.4) is 0 Å². The van der Waals surface area contributed by atoms with E-state index in [0.717, 1.165) is 12.8 Å². The van der Waals surface area contributed by atoms with Crippen LogP contribution in [0, 0.1) is 10.1 Å². The van der Waals surface area contributed by atoms with Gasteiger partial charge >= 0.3 is 0 Å². The Morgan fingerprint density at radius 1 is 1.35 bits per heavy atom. The first-order chi connectivity index (χ1) is 8.09. The average molecular weight is 254 g/mol. The minimum absolute atomic E-state index is 0.0499. The third-order valence-corrected chi connectivity index (χ3v) is 4.82. The highest BCUT2D eigenvalue weighted by Crippen LogP contribution is 2.30. The van der Waals surface area contributed by atoms with Gasteiger partial charge in [0.05, 0.1) is 15.7 Å². The molecule has 92 valence electrons. The quantitative estimate of drug-likeness (QED) is 0.655. The lowest BCUT2D eigenvalue weighted by atomic mass is 10.3. The van der Waals surface area contributed by atoms with Crippen molar-refractivity contribution in [2.75, 3.05) is 0 Å². The summed E-state index contributed by atoms with van der Waals surface area (Å²) in [6.07, 6.45) is 2.30. The minimum Gasteiger partial charge on any atom is -0.328 e. The molecule has 3 unspecified atom stereocenters. The molecular weight excluding hydrogens is 240 g/mol. The predicted octanol–water partition coefficient (Wildman–Crippen LogP) is 1.58. The Hall–Kier alpha value is -1.27. The van der Waals surface area contributed by atoms with Crippen LogP contribution in [0.1, 0.15) is 19.3 Å². The molecule has 2 N–H and O–H groups in total. The number of nitro benzene ring substituents is 1. The molecule has 0 aliphatic heterocycles. The summed E-state index contributed by atoms with van der Waals surface area (Å²) in [5.41, 5.74) is 5.71. The zero-order valence-corrected chi connectivity index (χ0v) is 10.1. The molecule has 0 aromatic heterocycles. The van der Waals surface area contributed by atoms with Gasteiger partial charge in [-0.1, -0.05) is 12.1 Å². The van der Waals surface area contributed by atoms with Crippen molar-refractivity contribution in [2.24, 2.45) is 5.73 Å². The molecule has 1 aromatic rings. The Balaban J connectivity index is 2.28. The predicted molar refractivity (Wildman–Crippen MR) is 65.1 cm³/mol. The van der Waals surface area contributed by atoms with Crippen molar-refractivity contribution >= 4 is 16.5 Å². The number of hydrogen-bond acceptors (Lipinski definition) is 4. The third-order valence-electron chi connectivity index (χ3n) is 3.01. The molecule has 1 saturated carbocycles. The van der Waals surface area contributed by atoms with E-state index in [0.29, 0.717) is 11.3 Å². The summed E-state index contributed by atoms with van der Waals surface area (Å²) in [5.74, 6) is 0. The van der Waals surface area contributed by atoms with Gasteiger partial charge in [0.2, 0.25) is 0 Å². The molecule has 1 aromatic carbocycles. The number of nitrogens with two attached hydrogens (primary N) is 1. The van der Waals surface area contributed by atoms with Crippen molar-refractivity contribution in [1.29, 1.82) is 0 Å². The average Bonchev–Trinajstić information content (AvgIpc) is 2.75. The lowest BCUT2D eigenvalue weighted by Crippen LogP contribution is -2.19. The molecule has 1 aliphatic rings. The monoisotopic (exact) mass is 254 g/mol. The number of nitrogens with zero attached hydrogens (tertiary/aromatic N) is 1. The van der Waals surface area contributed by atoms with Crippen LogP contribution in [-0.2, 0) is 10.8 Å². The molecule has 0 saturated heterocycles. The van der Waals surface area contributed by atoms with Gasteiger partial charge in [0, 0.05) is 17.4 Å². The van der Waals surface area contributed by atoms with Crippen molar-refractivity contribution < 1.29 is 9.13 Å². The van der Waals surface area contributed by atoms with E-state index in [2.05, 4.69) is 0 Å². The zero-order chi connectivity index (χ0) is 12.4. The molecule has 1 aliphatic carbocycles. The van der Waals surface area contributed by atoms with Gasteiger partial charge in [-0.05, 0) is 25.3 Å². The van der Waals surface area contributed by atoms with Gasteiger partial charge in [0.25, 0.3) is 5.69 Å². The number of benzene rings is 1. The highest BCUT2D eigenvalue weighted by Gasteiger charge is 2.30. The summed E-state index contributed by atoms with van der Waals surface area (Å²) in [5, 5.41) is 10.8. The van der Waals surface area contributed by atoms with Crippen LogP contribution in [0.25, 0.3) is 0 Å². The molecule has 5 nitrogen and oxygen atoms in total. The largest absolute Gasteiger partial charge is 0.328 e. The first kappa shape index (κ1) is 12.2. The fourth-order valence-corrected chi connectivity index (χ4v) is 3.82. The molecular formula is C11H14N2O3S. The highest BCUT2D eigenvalue weighted by molar-refractivity contribution is 7.85. The van der Waals surface area contributed by atoms with E-state index in [1.807, 2.05) is 0 Å². The second-order valence-electron chi connectivity index (χ2n) is 4.22. The second kappa shape index (κ2) is 4.93. The van der Waals surface area contributed by atoms with E-state index in [4.69, 9.17) is 5.73 Å². The van der Waals surface area contributed by atoms with Gasteiger partial charge in [-0.25, -0.2) is 0 Å². The van der Waals surface area contributed by atoms with Gasteiger partial charge in [-0.2, -0.15) is 0 Å². The van der Waals surface area contributed by atoms with Gasteiger partial charge in [0.1, 0.15) is 4.90 Å². The van der Waals surface area contributed by atoms with Crippen LogP contribution < -0.4 is 5.73 Å². The van der Waals surface area contributed by atoms with Crippen molar-refractivity contribution in [1.82, 2.24) is 0 Å². The third kappa shape index (κ3) is 2.53. The number of rotatable bonds is 3. The standard InChI is InChI=1S/C11H14N2O3S/c12-8-5-6-9(7-8)17(16)11-4-2-1-3-10(11)13(14)15/h1-4,8-9H,5-7,12H2. The topological polar surface area (TPSA) is 86.2 Å². The van der Waals surface area contributed by atoms with E-state index in [1.54, 1.807) is 18.2 Å². The van der Waals surface area contributed by atoms with Gasteiger partial charge in [-0.15, -0.1) is 0 Å². The Morgan fingerprint density at radius 2 is 2.06 bits per heavy atom. The van der Waals surface area contributed by atoms with E-state index < -0.39 is 15.7 Å². The van der Waals surface area contributed by atoms with E-state index >= 15 is 0 Å². The van der Waals surface area contributed by atoms with Crippen LogP contribution in [-0.4, -0.2) is 20.4 Å². The first-order valence-corrected chi connectivity index (χ1v) is 6.70. The normalized spacial score (nSPS) is 25.7. The fourth-order valence-electron chi connectivity index (χ4n) is 2.13. The molecule has 0 bridgehead atoms. The summed E-state index contributed by atoms with van der Waals surface area (Å²) >= 11 is 0. The summed E-state index contributed by atoms with van der Waals surface area (Å²) in [6.45, 7) is 0. The van der Waals surface area contributed by atoms with Gasteiger partial charge in [0.15, 0.2) is 0 Å². The molecule has 0 radical (unpaired) electrons. The summed E-state index contributed by atoms with van der Waals surface area (Å²) in [4.78, 5) is 10.7. The Kier molecular flexibility index (Phi) is 3.54. The lowest BCUT2D eigenvalue weighted by Gasteiger charge is -2.09. The molecule has 0 amide bonds. The SMILES string of the molecule is NC1CCC(S(=O)c2ccccc2[N+](=O)[O-])C1. The smallest absolute Gasteiger partial charge is 0.285 e. The maximum absolute atomic E-state index is 12.3. The van der Waals surface area contributed by atoms with Crippen molar-refractivity contribution in [3.8, 4) is 0 Å². The molecule has 0 heterocycles. The van der Waals surface area contributed by atoms with Gasteiger partial charge in [-0.3, -0.25) is 14.3 Å². The van der Waals surface area contributed by atoms with Crippen LogP contribution in [0.15, 0.2) is 29.2 Å².